The first kappa shape index (κ1) is 105. The Morgan fingerprint density at radius 3 is 0.664 bits per heavy atom. The fourth-order valence-corrected chi connectivity index (χ4v) is 15.3. The van der Waals surface area contributed by atoms with Crippen molar-refractivity contribution in [2.75, 3.05) is 39.6 Å². The summed E-state index contributed by atoms with van der Waals surface area (Å²) in [4.78, 5) is 73.2. The highest BCUT2D eigenvalue weighted by Gasteiger charge is 2.31. The molecule has 0 aromatic heterocycles. The Bertz CT molecular complexity index is 2050. The Morgan fingerprint density at radius 2 is 0.449 bits per heavy atom. The van der Waals surface area contributed by atoms with Gasteiger partial charge in [-0.05, 0) is 37.5 Å². The van der Waals surface area contributed by atoms with Crippen molar-refractivity contribution in [2.45, 2.75) is 490 Å². The summed E-state index contributed by atoms with van der Waals surface area (Å²) in [5.41, 5.74) is 0. The fourth-order valence-electron chi connectivity index (χ4n) is 13.7. The van der Waals surface area contributed by atoms with Gasteiger partial charge in [0.15, 0.2) is 12.2 Å². The second-order valence-electron chi connectivity index (χ2n) is 32.1. The maximum Gasteiger partial charge on any atom is 0.472 e. The lowest BCUT2D eigenvalue weighted by molar-refractivity contribution is -0.161. The third kappa shape index (κ3) is 79.1. The summed E-state index contributed by atoms with van der Waals surface area (Å²) in [6.45, 7) is 9.70. The van der Waals surface area contributed by atoms with Gasteiger partial charge in [0.25, 0.3) is 0 Å². The average Bonchev–Trinajstić information content (AvgIpc) is 0.903. The van der Waals surface area contributed by atoms with E-state index in [1.165, 1.54) is 283 Å². The van der Waals surface area contributed by atoms with Crippen LogP contribution in [0.25, 0.3) is 0 Å². The number of carbonyl (C=O) groups is 4. The van der Waals surface area contributed by atoms with Crippen molar-refractivity contribution < 1.29 is 80.2 Å². The second kappa shape index (κ2) is 79.3. The summed E-state index contributed by atoms with van der Waals surface area (Å²) in [7, 11) is -9.93. The van der Waals surface area contributed by atoms with Crippen molar-refractivity contribution in [3.8, 4) is 0 Å². The van der Waals surface area contributed by atoms with Crippen LogP contribution in [-0.4, -0.2) is 96.7 Å². The molecule has 3 N–H and O–H groups in total. The number of phosphoric ester groups is 2. The predicted octanol–water partition coefficient (Wildman–Crippen LogP) is 27.0. The molecule has 19 heteroatoms. The van der Waals surface area contributed by atoms with Gasteiger partial charge < -0.3 is 33.8 Å². The van der Waals surface area contributed by atoms with Crippen LogP contribution in [0.3, 0.4) is 0 Å². The summed E-state index contributed by atoms with van der Waals surface area (Å²) in [6, 6.07) is 0. The number of hydrogen-bond acceptors (Lipinski definition) is 15. The van der Waals surface area contributed by atoms with E-state index in [0.29, 0.717) is 25.7 Å². The summed E-state index contributed by atoms with van der Waals surface area (Å²) in [5, 5.41) is 10.7. The molecule has 0 rings (SSSR count). The maximum atomic E-state index is 13.2. The molecular weight excluding hydrogens is 1390 g/mol. The van der Waals surface area contributed by atoms with Gasteiger partial charge in [-0.3, -0.25) is 37.3 Å². The average molecular weight is 1560 g/mol. The van der Waals surface area contributed by atoms with Gasteiger partial charge in [-0.1, -0.05) is 420 Å². The summed E-state index contributed by atoms with van der Waals surface area (Å²) in [6.07, 6.45) is 72.4. The molecule has 0 aromatic rings. The largest absolute Gasteiger partial charge is 0.472 e. The van der Waals surface area contributed by atoms with E-state index in [9.17, 15) is 43.2 Å². The molecular formula is C88H172O17P2. The van der Waals surface area contributed by atoms with Crippen molar-refractivity contribution in [1.29, 1.82) is 0 Å². The number of rotatable bonds is 87. The molecule has 107 heavy (non-hydrogen) atoms. The first-order valence-corrected chi connectivity index (χ1v) is 48.6. The van der Waals surface area contributed by atoms with Gasteiger partial charge in [-0.25, -0.2) is 9.13 Å². The molecule has 0 saturated carbocycles. The normalized spacial score (nSPS) is 14.3. The molecule has 4 unspecified atom stereocenters. The van der Waals surface area contributed by atoms with Gasteiger partial charge in [-0.15, -0.1) is 0 Å². The number of hydrogen-bond donors (Lipinski definition) is 3. The number of aliphatic hydroxyl groups excluding tert-OH is 1. The third-order valence-electron chi connectivity index (χ3n) is 21.4. The van der Waals surface area contributed by atoms with Gasteiger partial charge in [-0.2, -0.15) is 0 Å². The third-order valence-corrected chi connectivity index (χ3v) is 23.3. The maximum absolute atomic E-state index is 13.2. The fraction of sp³-hybridized carbons (Fsp3) is 0.955. The van der Waals surface area contributed by atoms with Gasteiger partial charge in [0, 0.05) is 25.7 Å². The molecule has 7 atom stereocenters. The summed E-state index contributed by atoms with van der Waals surface area (Å²) in [5.74, 6) is -0.500. The van der Waals surface area contributed by atoms with Crippen molar-refractivity contribution in [2.24, 2.45) is 11.8 Å². The highest BCUT2D eigenvalue weighted by molar-refractivity contribution is 7.47. The van der Waals surface area contributed by atoms with E-state index in [2.05, 4.69) is 41.5 Å². The van der Waals surface area contributed by atoms with E-state index >= 15 is 0 Å². The van der Waals surface area contributed by atoms with Crippen molar-refractivity contribution in [3.63, 3.8) is 0 Å². The zero-order valence-corrected chi connectivity index (χ0v) is 72.2. The number of aliphatic hydroxyl groups is 1. The van der Waals surface area contributed by atoms with Crippen LogP contribution in [0.1, 0.15) is 472 Å². The molecule has 0 aromatic carbocycles. The quantitative estimate of drug-likeness (QED) is 0.0222. The SMILES string of the molecule is CCCCCCCCCCCCCCCCCCCCCCCCC(=O)OC[C@H](COP(=O)(O)OC[C@@H](O)COP(=O)(O)OC[C@@H](COC(=O)CCCCCCCCC(C)CC)OC(=O)CCCCCCCCCCCCCCC)OC(=O)CCCCCCCCCCCCCCCCCCCCC(C)CC. The molecule has 0 fully saturated rings. The molecule has 636 valence electrons. The lowest BCUT2D eigenvalue weighted by atomic mass is 9.99. The zero-order valence-electron chi connectivity index (χ0n) is 70.5. The van der Waals surface area contributed by atoms with Crippen LogP contribution < -0.4 is 0 Å². The first-order chi connectivity index (χ1) is 51.9. The van der Waals surface area contributed by atoms with Crippen molar-refractivity contribution in [1.82, 2.24) is 0 Å². The predicted molar refractivity (Wildman–Crippen MR) is 442 cm³/mol. The van der Waals surface area contributed by atoms with Crippen LogP contribution in [0.2, 0.25) is 0 Å². The van der Waals surface area contributed by atoms with Crippen LogP contribution in [0.15, 0.2) is 0 Å². The van der Waals surface area contributed by atoms with Crippen LogP contribution >= 0.6 is 15.6 Å². The highest BCUT2D eigenvalue weighted by Crippen LogP contribution is 2.45. The lowest BCUT2D eigenvalue weighted by Gasteiger charge is -2.21. The van der Waals surface area contributed by atoms with Crippen LogP contribution in [0, 0.1) is 11.8 Å². The number of ether oxygens (including phenoxy) is 4. The van der Waals surface area contributed by atoms with E-state index in [4.69, 9.17) is 37.0 Å². The molecule has 0 radical (unpaired) electrons. The second-order valence-corrected chi connectivity index (χ2v) is 35.0. The molecule has 17 nitrogen and oxygen atoms in total. The van der Waals surface area contributed by atoms with E-state index in [0.717, 1.165) is 108 Å². The van der Waals surface area contributed by atoms with Crippen LogP contribution in [-0.2, 0) is 65.4 Å². The van der Waals surface area contributed by atoms with Crippen molar-refractivity contribution >= 4 is 39.5 Å². The molecule has 0 amide bonds. The number of carbonyl (C=O) groups excluding carboxylic acids is 4. The molecule has 0 aliphatic heterocycles. The Labute approximate surface area is 658 Å². The Hall–Kier alpha value is -1.94. The van der Waals surface area contributed by atoms with Crippen molar-refractivity contribution in [3.05, 3.63) is 0 Å². The number of unbranched alkanes of at least 4 members (excludes halogenated alkanes) is 55. The van der Waals surface area contributed by atoms with Gasteiger partial charge in [0.1, 0.15) is 19.3 Å². The minimum atomic E-state index is -4.97. The smallest absolute Gasteiger partial charge is 0.462 e. The van der Waals surface area contributed by atoms with E-state index in [-0.39, 0.29) is 25.7 Å². The monoisotopic (exact) mass is 1560 g/mol. The van der Waals surface area contributed by atoms with Gasteiger partial charge >= 0.3 is 39.5 Å². The van der Waals surface area contributed by atoms with Crippen LogP contribution in [0.5, 0.6) is 0 Å². The Balaban J connectivity index is 5.20. The minimum Gasteiger partial charge on any atom is -0.462 e. The summed E-state index contributed by atoms with van der Waals surface area (Å²) >= 11 is 0. The minimum absolute atomic E-state index is 0.107. The molecule has 0 aliphatic rings. The Kier molecular flexibility index (Phi) is 77.9. The molecule has 0 saturated heterocycles. The van der Waals surface area contributed by atoms with Crippen LogP contribution in [0.4, 0.5) is 0 Å². The molecule has 0 aliphatic carbocycles. The number of esters is 4. The number of phosphoric acid groups is 2. The Morgan fingerprint density at radius 1 is 0.262 bits per heavy atom. The van der Waals surface area contributed by atoms with Gasteiger partial charge in [0.2, 0.25) is 0 Å². The molecule has 0 heterocycles. The standard InChI is InChI=1S/C88H172O17P2/c1-7-11-13-15-17-19-21-23-24-25-26-27-28-29-33-36-40-43-47-51-58-64-70-85(90)98-76-83(104-87(92)73-67-61-53-49-45-41-37-34-31-30-32-35-39-42-46-50-56-62-68-80(5)9-3)78-102-106(94,95)100-74-82(89)75-101-107(96,97)103-79-84(77-99-86(91)71-65-59-55-54-57-63-69-81(6)10-4)105-88(93)72-66-60-52-48-44-38-22-20-18-16-14-12-8-2/h80-84,89H,7-79H2,1-6H3,(H,94,95)(H,96,97)/t80?,81?,82-,83-,84-/m1/s1. The lowest BCUT2D eigenvalue weighted by Crippen LogP contribution is -2.30. The zero-order chi connectivity index (χ0) is 78.5. The van der Waals surface area contributed by atoms with E-state index < -0.39 is 97.5 Å². The molecule has 0 spiro atoms. The first-order valence-electron chi connectivity index (χ1n) is 45.6. The summed E-state index contributed by atoms with van der Waals surface area (Å²) < 4.78 is 68.9. The van der Waals surface area contributed by atoms with E-state index in [1.807, 2.05) is 0 Å². The van der Waals surface area contributed by atoms with Gasteiger partial charge in [0.05, 0.1) is 26.4 Å². The van der Waals surface area contributed by atoms with E-state index in [1.54, 1.807) is 0 Å². The topological polar surface area (TPSA) is 237 Å². The molecule has 0 bridgehead atoms. The highest BCUT2D eigenvalue weighted by atomic mass is 31.2.